The molecule has 1 heterocycles. The Bertz CT molecular complexity index is 297. The van der Waals surface area contributed by atoms with E-state index in [4.69, 9.17) is 0 Å². The fourth-order valence-corrected chi connectivity index (χ4v) is 3.92. The monoisotopic (exact) mass is 280 g/mol. The van der Waals surface area contributed by atoms with Gasteiger partial charge in [-0.1, -0.05) is 26.7 Å². The Hall–Kier alpha value is -0.570. The summed E-state index contributed by atoms with van der Waals surface area (Å²) >= 11 is 0. The van der Waals surface area contributed by atoms with E-state index in [0.29, 0.717) is 23.8 Å². The Labute approximate surface area is 124 Å². The van der Waals surface area contributed by atoms with E-state index in [1.807, 2.05) is 0 Å². The number of nitrogens with one attached hydrogen (secondary N) is 2. The average Bonchev–Trinajstić information content (AvgIpc) is 2.46. The van der Waals surface area contributed by atoms with Gasteiger partial charge in [0.25, 0.3) is 0 Å². The molecule has 1 amide bonds. The summed E-state index contributed by atoms with van der Waals surface area (Å²) in [6.45, 7) is 6.85. The van der Waals surface area contributed by atoms with E-state index in [2.05, 4.69) is 24.5 Å². The summed E-state index contributed by atoms with van der Waals surface area (Å²) in [7, 11) is 0. The molecule has 2 N–H and O–H groups in total. The molecule has 3 heteroatoms. The van der Waals surface area contributed by atoms with Gasteiger partial charge < -0.3 is 10.6 Å². The highest BCUT2D eigenvalue weighted by molar-refractivity contribution is 5.76. The van der Waals surface area contributed by atoms with Crippen LogP contribution in [0.15, 0.2) is 0 Å². The second-order valence-corrected chi connectivity index (χ2v) is 7.10. The van der Waals surface area contributed by atoms with Gasteiger partial charge in [0.15, 0.2) is 0 Å². The van der Waals surface area contributed by atoms with Crippen LogP contribution in [0.1, 0.15) is 65.2 Å². The molecule has 2 aliphatic rings. The molecular formula is C17H32N2O. The van der Waals surface area contributed by atoms with Gasteiger partial charge in [-0.25, -0.2) is 0 Å². The van der Waals surface area contributed by atoms with Crippen LogP contribution in [0.2, 0.25) is 0 Å². The van der Waals surface area contributed by atoms with E-state index < -0.39 is 0 Å². The van der Waals surface area contributed by atoms with E-state index in [0.717, 1.165) is 31.8 Å². The topological polar surface area (TPSA) is 41.1 Å². The summed E-state index contributed by atoms with van der Waals surface area (Å²) in [6, 6.07) is 0.435. The van der Waals surface area contributed by atoms with Crippen molar-refractivity contribution in [1.29, 1.82) is 0 Å². The Morgan fingerprint density at radius 1 is 1.15 bits per heavy atom. The molecule has 2 rings (SSSR count). The molecule has 0 bridgehead atoms. The quantitative estimate of drug-likeness (QED) is 0.812. The van der Waals surface area contributed by atoms with E-state index >= 15 is 0 Å². The third-order valence-electron chi connectivity index (χ3n) is 5.26. The second-order valence-electron chi connectivity index (χ2n) is 7.10. The van der Waals surface area contributed by atoms with Crippen LogP contribution in [0.4, 0.5) is 0 Å². The van der Waals surface area contributed by atoms with Gasteiger partial charge in [0.05, 0.1) is 0 Å². The maximum absolute atomic E-state index is 12.2. The SMILES string of the molecule is CC(C)C1CCCCC1NC(=O)CCC1CCNCC1. The van der Waals surface area contributed by atoms with Crippen LogP contribution < -0.4 is 10.6 Å². The van der Waals surface area contributed by atoms with Gasteiger partial charge in [-0.05, 0) is 62.9 Å². The molecule has 116 valence electrons. The first-order valence-corrected chi connectivity index (χ1v) is 8.67. The summed E-state index contributed by atoms with van der Waals surface area (Å²) < 4.78 is 0. The van der Waals surface area contributed by atoms with Crippen molar-refractivity contribution in [3.8, 4) is 0 Å². The van der Waals surface area contributed by atoms with E-state index in [1.54, 1.807) is 0 Å². The molecule has 0 aromatic carbocycles. The molecule has 0 spiro atoms. The lowest BCUT2D eigenvalue weighted by atomic mass is 9.78. The number of rotatable bonds is 5. The normalized spacial score (nSPS) is 28.6. The summed E-state index contributed by atoms with van der Waals surface area (Å²) in [5.74, 6) is 2.42. The smallest absolute Gasteiger partial charge is 0.220 e. The molecule has 1 aliphatic heterocycles. The first-order chi connectivity index (χ1) is 9.66. The number of hydrogen-bond acceptors (Lipinski definition) is 2. The van der Waals surface area contributed by atoms with Crippen molar-refractivity contribution in [3.63, 3.8) is 0 Å². The average molecular weight is 280 g/mol. The molecular weight excluding hydrogens is 248 g/mol. The molecule has 2 atom stereocenters. The molecule has 0 aromatic rings. The summed E-state index contributed by atoms with van der Waals surface area (Å²) in [6.07, 6.45) is 9.38. The summed E-state index contributed by atoms with van der Waals surface area (Å²) in [5.41, 5.74) is 0. The van der Waals surface area contributed by atoms with E-state index in [-0.39, 0.29) is 0 Å². The zero-order valence-electron chi connectivity index (χ0n) is 13.3. The first-order valence-electron chi connectivity index (χ1n) is 8.67. The lowest BCUT2D eigenvalue weighted by molar-refractivity contribution is -0.122. The molecule has 1 saturated carbocycles. The van der Waals surface area contributed by atoms with Crippen LogP contribution in [0, 0.1) is 17.8 Å². The third kappa shape index (κ3) is 4.76. The van der Waals surface area contributed by atoms with Crippen LogP contribution >= 0.6 is 0 Å². The van der Waals surface area contributed by atoms with Gasteiger partial charge in [-0.2, -0.15) is 0 Å². The van der Waals surface area contributed by atoms with Gasteiger partial charge in [0.2, 0.25) is 5.91 Å². The number of piperidine rings is 1. The molecule has 20 heavy (non-hydrogen) atoms. The molecule has 1 saturated heterocycles. The van der Waals surface area contributed by atoms with Gasteiger partial charge >= 0.3 is 0 Å². The lowest BCUT2D eigenvalue weighted by Crippen LogP contribution is -2.44. The Balaban J connectivity index is 1.72. The molecule has 2 fully saturated rings. The standard InChI is InChI=1S/C17H32N2O/c1-13(2)15-5-3-4-6-16(15)19-17(20)8-7-14-9-11-18-12-10-14/h13-16,18H,3-12H2,1-2H3,(H,19,20). The second kappa shape index (κ2) is 8.02. The van der Waals surface area contributed by atoms with Crippen LogP contribution in [-0.2, 0) is 4.79 Å². The number of amides is 1. The summed E-state index contributed by atoms with van der Waals surface area (Å²) in [4.78, 5) is 12.2. The first kappa shape index (κ1) is 15.8. The van der Waals surface area contributed by atoms with Crippen molar-refractivity contribution in [1.82, 2.24) is 10.6 Å². The van der Waals surface area contributed by atoms with E-state index in [9.17, 15) is 4.79 Å². The Morgan fingerprint density at radius 2 is 1.85 bits per heavy atom. The molecule has 0 aromatic heterocycles. The zero-order chi connectivity index (χ0) is 14.4. The van der Waals surface area contributed by atoms with Crippen molar-refractivity contribution < 1.29 is 4.79 Å². The predicted molar refractivity (Wildman–Crippen MR) is 83.6 cm³/mol. The van der Waals surface area contributed by atoms with Gasteiger partial charge in [0, 0.05) is 12.5 Å². The molecule has 2 unspecified atom stereocenters. The van der Waals surface area contributed by atoms with Gasteiger partial charge in [-0.15, -0.1) is 0 Å². The Kier molecular flexibility index (Phi) is 6.34. The minimum Gasteiger partial charge on any atom is -0.353 e. The van der Waals surface area contributed by atoms with Gasteiger partial charge in [0.1, 0.15) is 0 Å². The number of hydrogen-bond donors (Lipinski definition) is 2. The largest absolute Gasteiger partial charge is 0.353 e. The highest BCUT2D eigenvalue weighted by Gasteiger charge is 2.28. The van der Waals surface area contributed by atoms with Crippen molar-refractivity contribution >= 4 is 5.91 Å². The minimum atomic E-state index is 0.293. The minimum absolute atomic E-state index is 0.293. The highest BCUT2D eigenvalue weighted by Crippen LogP contribution is 2.30. The maximum atomic E-state index is 12.2. The van der Waals surface area contributed by atoms with Crippen LogP contribution in [-0.4, -0.2) is 25.0 Å². The summed E-state index contributed by atoms with van der Waals surface area (Å²) in [5, 5.41) is 6.72. The number of carbonyl (C=O) groups is 1. The fourth-order valence-electron chi connectivity index (χ4n) is 3.92. The van der Waals surface area contributed by atoms with Crippen LogP contribution in [0.25, 0.3) is 0 Å². The predicted octanol–water partition coefficient (Wildman–Crippen LogP) is 3.10. The Morgan fingerprint density at radius 3 is 2.55 bits per heavy atom. The molecule has 3 nitrogen and oxygen atoms in total. The highest BCUT2D eigenvalue weighted by atomic mass is 16.1. The van der Waals surface area contributed by atoms with Crippen molar-refractivity contribution in [3.05, 3.63) is 0 Å². The fraction of sp³-hybridized carbons (Fsp3) is 0.941. The lowest BCUT2D eigenvalue weighted by Gasteiger charge is -2.35. The van der Waals surface area contributed by atoms with Crippen LogP contribution in [0.5, 0.6) is 0 Å². The van der Waals surface area contributed by atoms with Crippen molar-refractivity contribution in [2.75, 3.05) is 13.1 Å². The van der Waals surface area contributed by atoms with Gasteiger partial charge in [-0.3, -0.25) is 4.79 Å². The van der Waals surface area contributed by atoms with Crippen LogP contribution in [0.3, 0.4) is 0 Å². The van der Waals surface area contributed by atoms with E-state index in [1.165, 1.54) is 38.5 Å². The third-order valence-corrected chi connectivity index (χ3v) is 5.26. The number of carbonyl (C=O) groups excluding carboxylic acids is 1. The van der Waals surface area contributed by atoms with Crippen molar-refractivity contribution in [2.45, 2.75) is 71.3 Å². The molecule has 1 aliphatic carbocycles. The zero-order valence-corrected chi connectivity index (χ0v) is 13.3. The molecule has 0 radical (unpaired) electrons. The van der Waals surface area contributed by atoms with Crippen molar-refractivity contribution in [2.24, 2.45) is 17.8 Å². The maximum Gasteiger partial charge on any atom is 0.220 e.